The van der Waals surface area contributed by atoms with Crippen LogP contribution in [0.4, 0.5) is 8.78 Å². The van der Waals surface area contributed by atoms with Crippen LogP contribution in [0.3, 0.4) is 0 Å². The van der Waals surface area contributed by atoms with Gasteiger partial charge in [-0.3, -0.25) is 4.90 Å². The molecule has 0 amide bonds. The van der Waals surface area contributed by atoms with Gasteiger partial charge in [0.25, 0.3) is 0 Å². The number of benzene rings is 2. The van der Waals surface area contributed by atoms with Crippen molar-refractivity contribution in [1.29, 1.82) is 5.26 Å². The molecule has 45 heavy (non-hydrogen) atoms. The van der Waals surface area contributed by atoms with E-state index in [-0.39, 0.29) is 35.7 Å². The molecule has 0 aliphatic carbocycles. The van der Waals surface area contributed by atoms with Crippen molar-refractivity contribution in [1.82, 2.24) is 19.4 Å². The SMILES string of the molecule is N#Cc1ccc(OCc2cc(OC3CCN(Cc4nc5ccc(/C=C/C(=O)O)nc5n4C[C@@H]4CCO4)CC3)ccc2F)c(F)c1. The van der Waals surface area contributed by atoms with E-state index in [1.54, 1.807) is 18.2 Å². The molecular formula is C33H31F2N5O5. The Kier molecular flexibility index (Phi) is 9.00. The van der Waals surface area contributed by atoms with Crippen molar-refractivity contribution in [2.24, 2.45) is 0 Å². The largest absolute Gasteiger partial charge is 0.490 e. The molecule has 2 aliphatic rings. The number of carboxylic acid groups (broad SMARTS) is 1. The van der Waals surface area contributed by atoms with Crippen LogP contribution >= 0.6 is 0 Å². The summed E-state index contributed by atoms with van der Waals surface area (Å²) in [5.41, 5.74) is 2.39. The summed E-state index contributed by atoms with van der Waals surface area (Å²) in [5, 5.41) is 17.9. The van der Waals surface area contributed by atoms with Crippen LogP contribution in [-0.4, -0.2) is 62.4 Å². The molecule has 0 unspecified atom stereocenters. The van der Waals surface area contributed by atoms with Gasteiger partial charge in [0.15, 0.2) is 17.2 Å². The number of aliphatic carboxylic acids is 1. The second-order valence-corrected chi connectivity index (χ2v) is 11.1. The van der Waals surface area contributed by atoms with Crippen LogP contribution in [0.2, 0.25) is 0 Å². The van der Waals surface area contributed by atoms with Gasteiger partial charge >= 0.3 is 5.97 Å². The summed E-state index contributed by atoms with van der Waals surface area (Å²) in [4.78, 5) is 22.8. The summed E-state index contributed by atoms with van der Waals surface area (Å²) in [5.74, 6) is -0.891. The van der Waals surface area contributed by atoms with Crippen LogP contribution in [0.5, 0.6) is 11.5 Å². The molecule has 1 N–H and O–H groups in total. The van der Waals surface area contributed by atoms with Crippen LogP contribution < -0.4 is 9.47 Å². The average Bonchev–Trinajstić information content (AvgIpc) is 3.35. The number of hydrogen-bond acceptors (Lipinski definition) is 8. The zero-order valence-electron chi connectivity index (χ0n) is 24.4. The lowest BCUT2D eigenvalue weighted by Gasteiger charge is -2.32. The smallest absolute Gasteiger partial charge is 0.328 e. The molecule has 2 aromatic heterocycles. The van der Waals surface area contributed by atoms with Gasteiger partial charge in [-0.2, -0.15) is 5.26 Å². The van der Waals surface area contributed by atoms with E-state index in [9.17, 15) is 13.6 Å². The lowest BCUT2D eigenvalue weighted by Crippen LogP contribution is -2.39. The molecule has 0 radical (unpaired) electrons. The third kappa shape index (κ3) is 7.28. The number of piperidine rings is 1. The van der Waals surface area contributed by atoms with Crippen molar-refractivity contribution in [3.05, 3.63) is 88.9 Å². The number of nitrogens with zero attached hydrogens (tertiary/aromatic N) is 5. The summed E-state index contributed by atoms with van der Waals surface area (Å²) >= 11 is 0. The highest BCUT2D eigenvalue weighted by Gasteiger charge is 2.26. The number of hydrogen-bond donors (Lipinski definition) is 1. The second-order valence-electron chi connectivity index (χ2n) is 11.1. The minimum absolute atomic E-state index is 0.0629. The molecule has 2 aromatic carbocycles. The Labute approximate surface area is 258 Å². The van der Waals surface area contributed by atoms with E-state index in [2.05, 4.69) is 14.5 Å². The third-order valence-electron chi connectivity index (χ3n) is 7.93. The summed E-state index contributed by atoms with van der Waals surface area (Å²) < 4.78 is 48.1. The Hall–Kier alpha value is -4.86. The zero-order chi connectivity index (χ0) is 31.3. The fraction of sp³-hybridized carbons (Fsp3) is 0.333. The molecule has 0 bridgehead atoms. The number of likely N-dealkylation sites (tertiary alicyclic amines) is 1. The quantitative estimate of drug-likeness (QED) is 0.230. The van der Waals surface area contributed by atoms with E-state index < -0.39 is 17.6 Å². The molecular weight excluding hydrogens is 584 g/mol. The predicted molar refractivity (Wildman–Crippen MR) is 159 cm³/mol. The highest BCUT2D eigenvalue weighted by Crippen LogP contribution is 2.26. The molecule has 0 spiro atoms. The minimum Gasteiger partial charge on any atom is -0.490 e. The van der Waals surface area contributed by atoms with E-state index >= 15 is 0 Å². The highest BCUT2D eigenvalue weighted by molar-refractivity contribution is 5.85. The van der Waals surface area contributed by atoms with Crippen LogP contribution in [0.25, 0.3) is 17.2 Å². The maximum absolute atomic E-state index is 14.5. The third-order valence-corrected chi connectivity index (χ3v) is 7.93. The van der Waals surface area contributed by atoms with Crippen molar-refractivity contribution < 1.29 is 32.9 Å². The van der Waals surface area contributed by atoms with E-state index in [4.69, 9.17) is 29.6 Å². The molecule has 2 aliphatic heterocycles. The topological polar surface area (TPSA) is 123 Å². The highest BCUT2D eigenvalue weighted by atomic mass is 19.1. The van der Waals surface area contributed by atoms with Gasteiger partial charge in [-0.25, -0.2) is 23.5 Å². The van der Waals surface area contributed by atoms with Gasteiger partial charge in [0.2, 0.25) is 0 Å². The predicted octanol–water partition coefficient (Wildman–Crippen LogP) is 5.09. The maximum atomic E-state index is 14.5. The standard InChI is InChI=1S/C33H31F2N5O5/c34-27-5-4-25(16-22(27)20-44-30-7-1-21(17-36)15-28(30)35)45-24-9-12-39(13-10-24)19-31-38-29-6-2-23(3-8-32(41)42)37-33(29)40(31)18-26-11-14-43-26/h1-8,15-16,24,26H,9-14,18-20H2,(H,41,42)/b8-3+/t26-/m0/s1. The molecule has 4 aromatic rings. The normalized spacial score (nSPS) is 17.3. The minimum atomic E-state index is -1.04. The molecule has 10 nitrogen and oxygen atoms in total. The molecule has 6 rings (SSSR count). The van der Waals surface area contributed by atoms with E-state index in [1.165, 1.54) is 24.3 Å². The van der Waals surface area contributed by atoms with E-state index in [0.29, 0.717) is 30.2 Å². The zero-order valence-corrected chi connectivity index (χ0v) is 24.4. The summed E-state index contributed by atoms with van der Waals surface area (Å²) in [7, 11) is 0. The lowest BCUT2D eigenvalue weighted by atomic mass is 10.1. The van der Waals surface area contributed by atoms with Crippen LogP contribution in [0, 0.1) is 23.0 Å². The van der Waals surface area contributed by atoms with Gasteiger partial charge in [0, 0.05) is 31.3 Å². The number of fused-ring (bicyclic) bond motifs is 1. The fourth-order valence-electron chi connectivity index (χ4n) is 5.41. The van der Waals surface area contributed by atoms with Gasteiger partial charge in [0.1, 0.15) is 35.6 Å². The molecule has 1 atom stereocenters. The first-order chi connectivity index (χ1) is 21.8. The fourth-order valence-corrected chi connectivity index (χ4v) is 5.41. The lowest BCUT2D eigenvalue weighted by molar-refractivity contribution is -0.131. The van der Waals surface area contributed by atoms with Crippen molar-refractivity contribution in [2.75, 3.05) is 19.7 Å². The second kappa shape index (κ2) is 13.4. The molecule has 2 fully saturated rings. The number of carboxylic acids is 1. The first kappa shape index (κ1) is 30.2. The molecule has 4 heterocycles. The van der Waals surface area contributed by atoms with Crippen LogP contribution in [0.15, 0.2) is 54.6 Å². The number of carbonyl (C=O) groups is 1. The Bertz CT molecular complexity index is 1770. The number of ether oxygens (including phenoxy) is 3. The Balaban J connectivity index is 1.08. The number of aromatic nitrogens is 3. The van der Waals surface area contributed by atoms with E-state index in [0.717, 1.165) is 62.4 Å². The van der Waals surface area contributed by atoms with E-state index in [1.807, 2.05) is 12.1 Å². The monoisotopic (exact) mass is 615 g/mol. The molecule has 12 heteroatoms. The summed E-state index contributed by atoms with van der Waals surface area (Å²) in [6.45, 7) is 3.31. The number of pyridine rings is 1. The maximum Gasteiger partial charge on any atom is 0.328 e. The summed E-state index contributed by atoms with van der Waals surface area (Å²) in [6.07, 6.45) is 5.04. The average molecular weight is 616 g/mol. The molecule has 0 saturated carbocycles. The van der Waals surface area contributed by atoms with Crippen molar-refractivity contribution in [3.8, 4) is 17.6 Å². The van der Waals surface area contributed by atoms with Gasteiger partial charge in [-0.1, -0.05) is 0 Å². The first-order valence-corrected chi connectivity index (χ1v) is 14.7. The molecule has 232 valence electrons. The number of rotatable bonds is 11. The first-order valence-electron chi connectivity index (χ1n) is 14.7. The Morgan fingerprint density at radius 1 is 1.09 bits per heavy atom. The molecule has 2 saturated heterocycles. The number of halogens is 2. The Morgan fingerprint density at radius 3 is 2.62 bits per heavy atom. The summed E-state index contributed by atoms with van der Waals surface area (Å²) in [6, 6.07) is 13.8. The van der Waals surface area contributed by atoms with Crippen LogP contribution in [-0.2, 0) is 29.2 Å². The van der Waals surface area contributed by atoms with Crippen molar-refractivity contribution in [3.63, 3.8) is 0 Å². The van der Waals surface area contributed by atoms with Crippen molar-refractivity contribution >= 4 is 23.2 Å². The number of nitriles is 1. The van der Waals surface area contributed by atoms with Gasteiger partial charge in [-0.15, -0.1) is 0 Å². The number of imidazole rings is 1. The van der Waals surface area contributed by atoms with Gasteiger partial charge in [0.05, 0.1) is 36.5 Å². The van der Waals surface area contributed by atoms with Crippen molar-refractivity contribution in [2.45, 2.75) is 51.2 Å². The van der Waals surface area contributed by atoms with Gasteiger partial charge in [-0.05, 0) is 73.9 Å². The van der Waals surface area contributed by atoms with Crippen LogP contribution in [0.1, 0.15) is 41.9 Å². The Morgan fingerprint density at radius 2 is 1.91 bits per heavy atom. The van der Waals surface area contributed by atoms with Gasteiger partial charge < -0.3 is 23.9 Å².